The van der Waals surface area contributed by atoms with Crippen LogP contribution in [0.15, 0.2) is 0 Å². The Hall–Kier alpha value is -0.960. The topological polar surface area (TPSA) is 42.8 Å². The van der Waals surface area contributed by atoms with Crippen LogP contribution in [0.1, 0.15) is 5.82 Å². The van der Waals surface area contributed by atoms with Crippen molar-refractivity contribution < 1.29 is 22.3 Å². The molecular weight excluding hydrogens is 250 g/mol. The number of alkyl halides is 4. The zero-order chi connectivity index (χ0) is 12.3. The highest BCUT2D eigenvalue weighted by atomic mass is 32.1. The fourth-order valence-corrected chi connectivity index (χ4v) is 1.28. The van der Waals surface area contributed by atoms with E-state index in [2.05, 4.69) is 27.2 Å². The lowest BCUT2D eigenvalue weighted by Crippen LogP contribution is -2.28. The number of ether oxygens (including phenoxy) is 1. The zero-order valence-corrected chi connectivity index (χ0v) is 9.03. The molecule has 9 heteroatoms. The third-order valence-electron chi connectivity index (χ3n) is 1.85. The van der Waals surface area contributed by atoms with Gasteiger partial charge in [-0.1, -0.05) is 0 Å². The molecule has 0 unspecified atom stereocenters. The molecule has 1 heterocycles. The second-order valence-corrected chi connectivity index (χ2v) is 3.31. The summed E-state index contributed by atoms with van der Waals surface area (Å²) in [6, 6.07) is 0. The standard InChI is InChI=1S/C7H9F4N3OS/c1-15-3-2-14-5(12-13-6(14)16)7(10,11)4(8)9/h4H,2-3H2,1H3,(H,13,16). The Morgan fingerprint density at radius 2 is 2.19 bits per heavy atom. The predicted octanol–water partition coefficient (Wildman–Crippen LogP) is 1.94. The Bertz CT molecular complexity index is 403. The minimum Gasteiger partial charge on any atom is -0.383 e. The van der Waals surface area contributed by atoms with Crippen LogP contribution in [-0.2, 0) is 17.2 Å². The average Bonchev–Trinajstić information content (AvgIpc) is 2.57. The lowest BCUT2D eigenvalue weighted by molar-refractivity contribution is -0.143. The molecule has 1 N–H and O–H groups in total. The molecule has 0 radical (unpaired) electrons. The van der Waals surface area contributed by atoms with Crippen molar-refractivity contribution in [2.75, 3.05) is 13.7 Å². The quantitative estimate of drug-likeness (QED) is 0.649. The molecule has 0 saturated heterocycles. The molecule has 0 aromatic carbocycles. The highest BCUT2D eigenvalue weighted by Crippen LogP contribution is 2.33. The summed E-state index contributed by atoms with van der Waals surface area (Å²) >= 11 is 4.65. The molecule has 1 rings (SSSR count). The van der Waals surface area contributed by atoms with Crippen LogP contribution in [0.3, 0.4) is 0 Å². The fraction of sp³-hybridized carbons (Fsp3) is 0.714. The number of halogens is 4. The highest BCUT2D eigenvalue weighted by molar-refractivity contribution is 7.71. The summed E-state index contributed by atoms with van der Waals surface area (Å²) in [4.78, 5) is 0. The van der Waals surface area contributed by atoms with E-state index in [4.69, 9.17) is 0 Å². The second-order valence-electron chi connectivity index (χ2n) is 2.92. The van der Waals surface area contributed by atoms with Crippen LogP contribution < -0.4 is 0 Å². The first-order valence-electron chi connectivity index (χ1n) is 4.21. The molecule has 0 bridgehead atoms. The first-order valence-corrected chi connectivity index (χ1v) is 4.62. The molecule has 0 fully saturated rings. The number of aromatic amines is 1. The van der Waals surface area contributed by atoms with Crippen molar-refractivity contribution in [1.29, 1.82) is 0 Å². The number of hydrogen-bond donors (Lipinski definition) is 1. The number of hydrogen-bond acceptors (Lipinski definition) is 3. The molecule has 1 aromatic heterocycles. The normalized spacial score (nSPS) is 12.4. The summed E-state index contributed by atoms with van der Waals surface area (Å²) < 4.78 is 55.6. The lowest BCUT2D eigenvalue weighted by Gasteiger charge is -2.15. The van der Waals surface area contributed by atoms with E-state index in [1.807, 2.05) is 0 Å². The second kappa shape index (κ2) is 4.91. The Balaban J connectivity index is 3.09. The number of H-pyrrole nitrogens is 1. The number of rotatable bonds is 5. The smallest absolute Gasteiger partial charge is 0.365 e. The summed E-state index contributed by atoms with van der Waals surface area (Å²) in [7, 11) is 1.36. The van der Waals surface area contributed by atoms with Gasteiger partial charge in [-0.15, -0.1) is 0 Å². The van der Waals surface area contributed by atoms with Gasteiger partial charge < -0.3 is 4.74 Å². The van der Waals surface area contributed by atoms with Gasteiger partial charge in [0.15, 0.2) is 4.77 Å². The first-order chi connectivity index (χ1) is 7.41. The van der Waals surface area contributed by atoms with Gasteiger partial charge in [0.05, 0.1) is 13.2 Å². The molecule has 0 saturated carbocycles. The minimum atomic E-state index is -4.33. The third kappa shape index (κ3) is 2.40. The van der Waals surface area contributed by atoms with Crippen LogP contribution >= 0.6 is 12.2 Å². The highest BCUT2D eigenvalue weighted by Gasteiger charge is 2.47. The maximum absolute atomic E-state index is 13.0. The van der Waals surface area contributed by atoms with Gasteiger partial charge >= 0.3 is 12.3 Å². The van der Waals surface area contributed by atoms with Gasteiger partial charge in [-0.25, -0.2) is 8.78 Å². The number of nitrogens with zero attached hydrogens (tertiary/aromatic N) is 2. The number of methoxy groups -OCH3 is 1. The van der Waals surface area contributed by atoms with Gasteiger partial charge in [0.1, 0.15) is 0 Å². The Morgan fingerprint density at radius 1 is 1.56 bits per heavy atom. The van der Waals surface area contributed by atoms with Crippen LogP contribution in [0, 0.1) is 4.77 Å². The third-order valence-corrected chi connectivity index (χ3v) is 2.16. The first kappa shape index (κ1) is 13.1. The largest absolute Gasteiger partial charge is 0.383 e. The van der Waals surface area contributed by atoms with Crippen molar-refractivity contribution in [1.82, 2.24) is 14.8 Å². The van der Waals surface area contributed by atoms with Gasteiger partial charge in [0.2, 0.25) is 5.82 Å². The SMILES string of the molecule is COCCn1c(C(F)(F)C(F)F)n[nH]c1=S. The van der Waals surface area contributed by atoms with Gasteiger partial charge in [-0.2, -0.15) is 13.9 Å². The lowest BCUT2D eigenvalue weighted by atomic mass is 10.3. The van der Waals surface area contributed by atoms with E-state index in [1.54, 1.807) is 0 Å². The Labute approximate surface area is 93.2 Å². The maximum atomic E-state index is 13.0. The summed E-state index contributed by atoms with van der Waals surface area (Å²) in [5.41, 5.74) is 0. The Morgan fingerprint density at radius 3 is 2.69 bits per heavy atom. The van der Waals surface area contributed by atoms with E-state index < -0.39 is 18.2 Å². The van der Waals surface area contributed by atoms with Crippen LogP contribution in [0.25, 0.3) is 0 Å². The molecule has 4 nitrogen and oxygen atoms in total. The van der Waals surface area contributed by atoms with Gasteiger partial charge in [-0.3, -0.25) is 9.67 Å². The van der Waals surface area contributed by atoms with Crippen molar-refractivity contribution >= 4 is 12.2 Å². The van der Waals surface area contributed by atoms with E-state index in [0.29, 0.717) is 0 Å². The van der Waals surface area contributed by atoms with Crippen molar-refractivity contribution in [3.63, 3.8) is 0 Å². The van der Waals surface area contributed by atoms with Gasteiger partial charge in [-0.05, 0) is 12.2 Å². The molecule has 0 spiro atoms. The van der Waals surface area contributed by atoms with Crippen molar-refractivity contribution in [3.8, 4) is 0 Å². The van der Waals surface area contributed by atoms with Crippen LogP contribution in [-0.4, -0.2) is 34.9 Å². The van der Waals surface area contributed by atoms with E-state index in [0.717, 1.165) is 4.57 Å². The van der Waals surface area contributed by atoms with E-state index in [-0.39, 0.29) is 17.9 Å². The summed E-state index contributed by atoms with van der Waals surface area (Å²) in [5.74, 6) is -5.41. The molecule has 92 valence electrons. The van der Waals surface area contributed by atoms with Crippen molar-refractivity contribution in [3.05, 3.63) is 10.6 Å². The predicted molar refractivity (Wildman–Crippen MR) is 49.2 cm³/mol. The van der Waals surface area contributed by atoms with Crippen molar-refractivity contribution in [2.24, 2.45) is 0 Å². The zero-order valence-electron chi connectivity index (χ0n) is 8.21. The molecule has 0 aliphatic heterocycles. The fourth-order valence-electron chi connectivity index (χ4n) is 1.06. The summed E-state index contributed by atoms with van der Waals surface area (Å²) in [6.45, 7) is 0.00361. The van der Waals surface area contributed by atoms with E-state index in [1.165, 1.54) is 7.11 Å². The van der Waals surface area contributed by atoms with Crippen molar-refractivity contribution in [2.45, 2.75) is 18.9 Å². The Kier molecular flexibility index (Phi) is 4.03. The summed E-state index contributed by atoms with van der Waals surface area (Å²) in [6.07, 6.45) is -3.83. The molecule has 0 aliphatic rings. The van der Waals surface area contributed by atoms with Crippen LogP contribution in [0.2, 0.25) is 0 Å². The molecule has 1 aromatic rings. The minimum absolute atomic E-state index is 0.0660. The van der Waals surface area contributed by atoms with E-state index >= 15 is 0 Å². The molecule has 0 aliphatic carbocycles. The molecule has 0 amide bonds. The molecule has 16 heavy (non-hydrogen) atoms. The average molecular weight is 259 g/mol. The van der Waals surface area contributed by atoms with Crippen LogP contribution in [0.5, 0.6) is 0 Å². The van der Waals surface area contributed by atoms with Gasteiger partial charge in [0, 0.05) is 7.11 Å². The number of aromatic nitrogens is 3. The van der Waals surface area contributed by atoms with Crippen LogP contribution in [0.4, 0.5) is 17.6 Å². The van der Waals surface area contributed by atoms with E-state index in [9.17, 15) is 17.6 Å². The number of nitrogens with one attached hydrogen (secondary N) is 1. The summed E-state index contributed by atoms with van der Waals surface area (Å²) in [5, 5.41) is 5.18. The maximum Gasteiger partial charge on any atom is 0.365 e. The molecular formula is C7H9F4N3OS. The van der Waals surface area contributed by atoms with Gasteiger partial charge in [0.25, 0.3) is 0 Å². The molecule has 0 atom stereocenters. The monoisotopic (exact) mass is 259 g/mol.